The third kappa shape index (κ3) is 7.75. The number of likely N-dealkylation sites (tertiary alicyclic amines) is 1. The standard InChI is InChI=1S/C21H36N4O/c1-5-22-20(23-12-13-24-21(2,3)4)25-14-11-19(15-25)17-26-16-18-9-7-6-8-10-18/h6-10,19,24H,5,11-17H2,1-4H3,(H,22,23). The number of hydrogen-bond donors (Lipinski definition) is 2. The average Bonchev–Trinajstić information content (AvgIpc) is 3.06. The molecule has 26 heavy (non-hydrogen) atoms. The molecule has 0 bridgehead atoms. The molecule has 0 spiro atoms. The van der Waals surface area contributed by atoms with Gasteiger partial charge < -0.3 is 20.3 Å². The van der Waals surface area contributed by atoms with Crippen LogP contribution in [0.2, 0.25) is 0 Å². The number of nitrogens with zero attached hydrogens (tertiary/aromatic N) is 2. The zero-order valence-electron chi connectivity index (χ0n) is 16.9. The van der Waals surface area contributed by atoms with Crippen molar-refractivity contribution in [1.29, 1.82) is 0 Å². The predicted molar refractivity (Wildman–Crippen MR) is 110 cm³/mol. The van der Waals surface area contributed by atoms with Crippen LogP contribution in [0.15, 0.2) is 35.3 Å². The topological polar surface area (TPSA) is 48.9 Å². The van der Waals surface area contributed by atoms with Gasteiger partial charge in [-0.05, 0) is 39.7 Å². The van der Waals surface area contributed by atoms with Gasteiger partial charge in [0.1, 0.15) is 0 Å². The Bertz CT molecular complexity index is 539. The molecule has 1 aromatic rings. The second-order valence-electron chi connectivity index (χ2n) is 8.01. The number of guanidine groups is 1. The molecule has 2 N–H and O–H groups in total. The molecular formula is C21H36N4O. The van der Waals surface area contributed by atoms with E-state index >= 15 is 0 Å². The van der Waals surface area contributed by atoms with Crippen molar-refractivity contribution in [3.05, 3.63) is 35.9 Å². The summed E-state index contributed by atoms with van der Waals surface area (Å²) in [5.74, 6) is 1.61. The molecule has 0 saturated carbocycles. The quantitative estimate of drug-likeness (QED) is 0.425. The SMILES string of the molecule is CCNC(=NCCNC(C)(C)C)N1CCC(COCc2ccccc2)C1. The van der Waals surface area contributed by atoms with Gasteiger partial charge in [0, 0.05) is 37.6 Å². The van der Waals surface area contributed by atoms with Crippen molar-refractivity contribution in [2.24, 2.45) is 10.9 Å². The molecule has 146 valence electrons. The third-order valence-electron chi connectivity index (χ3n) is 4.41. The van der Waals surface area contributed by atoms with E-state index in [1.165, 1.54) is 12.0 Å². The monoisotopic (exact) mass is 360 g/mol. The van der Waals surface area contributed by atoms with Crippen LogP contribution in [-0.4, -0.2) is 55.7 Å². The van der Waals surface area contributed by atoms with Crippen LogP contribution in [0.5, 0.6) is 0 Å². The van der Waals surface area contributed by atoms with E-state index in [0.717, 1.165) is 45.3 Å². The van der Waals surface area contributed by atoms with Crippen molar-refractivity contribution >= 4 is 5.96 Å². The van der Waals surface area contributed by atoms with E-state index in [0.29, 0.717) is 12.5 Å². The van der Waals surface area contributed by atoms with Gasteiger partial charge in [-0.2, -0.15) is 0 Å². The van der Waals surface area contributed by atoms with Crippen LogP contribution in [-0.2, 0) is 11.3 Å². The highest BCUT2D eigenvalue weighted by Gasteiger charge is 2.25. The minimum absolute atomic E-state index is 0.142. The Morgan fingerprint density at radius 2 is 2.04 bits per heavy atom. The molecule has 0 aromatic heterocycles. The van der Waals surface area contributed by atoms with Crippen LogP contribution < -0.4 is 10.6 Å². The molecule has 1 unspecified atom stereocenters. The van der Waals surface area contributed by atoms with E-state index in [1.807, 2.05) is 6.07 Å². The van der Waals surface area contributed by atoms with Crippen molar-refractivity contribution in [2.45, 2.75) is 46.3 Å². The molecule has 1 saturated heterocycles. The highest BCUT2D eigenvalue weighted by Crippen LogP contribution is 2.17. The van der Waals surface area contributed by atoms with Gasteiger partial charge in [-0.15, -0.1) is 0 Å². The minimum Gasteiger partial charge on any atom is -0.376 e. The molecule has 1 aromatic carbocycles. The average molecular weight is 361 g/mol. The summed E-state index contributed by atoms with van der Waals surface area (Å²) >= 11 is 0. The second-order valence-corrected chi connectivity index (χ2v) is 8.01. The molecule has 2 rings (SSSR count). The van der Waals surface area contributed by atoms with Crippen LogP contribution in [0.3, 0.4) is 0 Å². The van der Waals surface area contributed by atoms with Crippen LogP contribution in [0.1, 0.15) is 39.7 Å². The smallest absolute Gasteiger partial charge is 0.193 e. The first-order valence-electron chi connectivity index (χ1n) is 9.88. The molecule has 0 radical (unpaired) electrons. The summed E-state index contributed by atoms with van der Waals surface area (Å²) < 4.78 is 5.93. The highest BCUT2D eigenvalue weighted by atomic mass is 16.5. The van der Waals surface area contributed by atoms with Gasteiger partial charge in [0.15, 0.2) is 5.96 Å². The molecule has 1 aliphatic rings. The van der Waals surface area contributed by atoms with E-state index in [2.05, 4.69) is 67.5 Å². The zero-order valence-corrected chi connectivity index (χ0v) is 16.9. The fourth-order valence-corrected chi connectivity index (χ4v) is 3.10. The van der Waals surface area contributed by atoms with Crippen molar-refractivity contribution < 1.29 is 4.74 Å². The fourth-order valence-electron chi connectivity index (χ4n) is 3.10. The molecule has 1 fully saturated rings. The lowest BCUT2D eigenvalue weighted by atomic mass is 10.1. The zero-order chi connectivity index (χ0) is 18.8. The normalized spacial score (nSPS) is 18.4. The molecule has 0 aliphatic carbocycles. The van der Waals surface area contributed by atoms with Crippen LogP contribution >= 0.6 is 0 Å². The fraction of sp³-hybridized carbons (Fsp3) is 0.667. The Morgan fingerprint density at radius 1 is 1.27 bits per heavy atom. The van der Waals surface area contributed by atoms with E-state index < -0.39 is 0 Å². The lowest BCUT2D eigenvalue weighted by Gasteiger charge is -2.23. The van der Waals surface area contributed by atoms with Crippen LogP contribution in [0.25, 0.3) is 0 Å². The van der Waals surface area contributed by atoms with Gasteiger partial charge in [-0.25, -0.2) is 0 Å². The summed E-state index contributed by atoms with van der Waals surface area (Å²) in [5.41, 5.74) is 1.38. The molecule has 5 nitrogen and oxygen atoms in total. The molecule has 1 aliphatic heterocycles. The second kappa shape index (κ2) is 10.5. The molecule has 1 heterocycles. The molecule has 5 heteroatoms. The summed E-state index contributed by atoms with van der Waals surface area (Å²) in [6.45, 7) is 14.9. The summed E-state index contributed by atoms with van der Waals surface area (Å²) in [6, 6.07) is 10.4. The number of hydrogen-bond acceptors (Lipinski definition) is 3. The van der Waals surface area contributed by atoms with E-state index in [1.54, 1.807) is 0 Å². The van der Waals surface area contributed by atoms with Crippen LogP contribution in [0, 0.1) is 5.92 Å². The largest absolute Gasteiger partial charge is 0.376 e. The molecular weight excluding hydrogens is 324 g/mol. The summed E-state index contributed by atoms with van der Waals surface area (Å²) in [7, 11) is 0. The lowest BCUT2D eigenvalue weighted by Crippen LogP contribution is -2.41. The van der Waals surface area contributed by atoms with Gasteiger partial charge in [0.2, 0.25) is 0 Å². The first kappa shape index (κ1) is 20.7. The Hall–Kier alpha value is -1.59. The summed E-state index contributed by atoms with van der Waals surface area (Å²) in [6.07, 6.45) is 1.17. The van der Waals surface area contributed by atoms with Gasteiger partial charge in [-0.3, -0.25) is 4.99 Å². The summed E-state index contributed by atoms with van der Waals surface area (Å²) in [4.78, 5) is 7.16. The third-order valence-corrected chi connectivity index (χ3v) is 4.41. The maximum atomic E-state index is 5.93. The minimum atomic E-state index is 0.142. The number of benzene rings is 1. The Labute approximate surface area is 159 Å². The van der Waals surface area contributed by atoms with Gasteiger partial charge in [0.25, 0.3) is 0 Å². The van der Waals surface area contributed by atoms with Crippen molar-refractivity contribution in [1.82, 2.24) is 15.5 Å². The number of ether oxygens (including phenoxy) is 1. The van der Waals surface area contributed by atoms with Crippen molar-refractivity contribution in [3.63, 3.8) is 0 Å². The van der Waals surface area contributed by atoms with Gasteiger partial charge >= 0.3 is 0 Å². The van der Waals surface area contributed by atoms with E-state index in [-0.39, 0.29) is 5.54 Å². The van der Waals surface area contributed by atoms with Crippen molar-refractivity contribution in [3.8, 4) is 0 Å². The maximum absolute atomic E-state index is 5.93. The van der Waals surface area contributed by atoms with E-state index in [4.69, 9.17) is 9.73 Å². The van der Waals surface area contributed by atoms with E-state index in [9.17, 15) is 0 Å². The highest BCUT2D eigenvalue weighted by molar-refractivity contribution is 5.80. The predicted octanol–water partition coefficient (Wildman–Crippen LogP) is 2.88. The first-order chi connectivity index (χ1) is 12.5. The number of aliphatic imine (C=N–C) groups is 1. The van der Waals surface area contributed by atoms with Gasteiger partial charge in [-0.1, -0.05) is 30.3 Å². The van der Waals surface area contributed by atoms with Crippen molar-refractivity contribution in [2.75, 3.05) is 39.3 Å². The van der Waals surface area contributed by atoms with Crippen LogP contribution in [0.4, 0.5) is 0 Å². The maximum Gasteiger partial charge on any atom is 0.193 e. The Balaban J connectivity index is 1.74. The lowest BCUT2D eigenvalue weighted by molar-refractivity contribution is 0.0907. The first-order valence-corrected chi connectivity index (χ1v) is 9.88. The molecule has 0 amide bonds. The van der Waals surface area contributed by atoms with Gasteiger partial charge in [0.05, 0.1) is 19.8 Å². The number of rotatable bonds is 8. The molecule has 1 atom stereocenters. The summed E-state index contributed by atoms with van der Waals surface area (Å²) in [5, 5.41) is 6.92. The number of nitrogens with one attached hydrogen (secondary N) is 2. The Morgan fingerprint density at radius 3 is 2.73 bits per heavy atom. The Kier molecular flexibility index (Phi) is 8.39.